The number of rotatable bonds is 11. The van der Waals surface area contributed by atoms with Gasteiger partial charge < -0.3 is 15.5 Å². The van der Waals surface area contributed by atoms with Crippen molar-refractivity contribution in [3.63, 3.8) is 0 Å². The van der Waals surface area contributed by atoms with Crippen LogP contribution in [0.3, 0.4) is 0 Å². The lowest BCUT2D eigenvalue weighted by Crippen LogP contribution is -2.47. The van der Waals surface area contributed by atoms with Crippen molar-refractivity contribution < 1.29 is 9.59 Å². The van der Waals surface area contributed by atoms with Gasteiger partial charge in [-0.25, -0.2) is 9.69 Å². The van der Waals surface area contributed by atoms with Crippen LogP contribution in [-0.4, -0.2) is 47.8 Å². The van der Waals surface area contributed by atoms with Crippen LogP contribution < -0.4 is 15.5 Å². The molecule has 0 saturated heterocycles. The molecule has 1 rings (SSSR count). The number of hydrogen-bond donors (Lipinski definition) is 3. The number of aryl methyl sites for hydroxylation is 1. The molecule has 190 valence electrons. The minimum atomic E-state index is -0.570. The maximum Gasteiger partial charge on any atom is 0.331 e. The number of anilines is 1. The summed E-state index contributed by atoms with van der Waals surface area (Å²) < 4.78 is 0. The van der Waals surface area contributed by atoms with E-state index in [1.807, 2.05) is 39.8 Å². The van der Waals surface area contributed by atoms with E-state index in [9.17, 15) is 9.59 Å². The lowest BCUT2D eigenvalue weighted by atomic mass is 10.1. The highest BCUT2D eigenvalue weighted by Gasteiger charge is 2.24. The van der Waals surface area contributed by atoms with Gasteiger partial charge in [0.05, 0.1) is 12.1 Å². The monoisotopic (exact) mass is 479 g/mol. The van der Waals surface area contributed by atoms with Crippen LogP contribution in [0.25, 0.3) is 0 Å². The zero-order valence-corrected chi connectivity index (χ0v) is 22.1. The Hall–Kier alpha value is -3.37. The molecule has 0 aliphatic rings. The fourth-order valence-corrected chi connectivity index (χ4v) is 3.42. The predicted octanol–water partition coefficient (Wildman–Crippen LogP) is 4.84. The third kappa shape index (κ3) is 11.1. The largest absolute Gasteiger partial charge is 0.351 e. The van der Waals surface area contributed by atoms with E-state index in [-0.39, 0.29) is 24.1 Å². The number of carbonyl (C=O) groups is 2. The number of terminal acetylenes is 1. The SMILES string of the molecule is C#CC(/C=C\C(=C)NC(=O)N(C(=N)CC(=O)NC(C)(C)C)c1cccc(C)c1)CCN(CC)CC. The second-order valence-electron chi connectivity index (χ2n) is 9.50. The molecule has 0 saturated carbocycles. The van der Waals surface area contributed by atoms with Gasteiger partial charge in [-0.3, -0.25) is 10.2 Å². The van der Waals surface area contributed by atoms with Gasteiger partial charge in [0.2, 0.25) is 5.91 Å². The van der Waals surface area contributed by atoms with Crippen molar-refractivity contribution in [2.75, 3.05) is 24.5 Å². The van der Waals surface area contributed by atoms with Gasteiger partial charge >= 0.3 is 6.03 Å². The minimum absolute atomic E-state index is 0.0866. The number of benzene rings is 1. The van der Waals surface area contributed by atoms with Crippen molar-refractivity contribution in [3.8, 4) is 12.3 Å². The first-order chi connectivity index (χ1) is 16.4. The molecule has 0 bridgehead atoms. The van der Waals surface area contributed by atoms with Crippen LogP contribution in [0.4, 0.5) is 10.5 Å². The van der Waals surface area contributed by atoms with Crippen LogP contribution in [-0.2, 0) is 4.79 Å². The first-order valence-electron chi connectivity index (χ1n) is 12.0. The average Bonchev–Trinajstić information content (AvgIpc) is 2.75. The van der Waals surface area contributed by atoms with Crippen molar-refractivity contribution in [1.82, 2.24) is 15.5 Å². The molecule has 1 aromatic rings. The highest BCUT2D eigenvalue weighted by molar-refractivity contribution is 6.19. The number of allylic oxidation sites excluding steroid dienone is 2. The van der Waals surface area contributed by atoms with Crippen LogP contribution in [0.2, 0.25) is 0 Å². The van der Waals surface area contributed by atoms with E-state index in [4.69, 9.17) is 11.8 Å². The smallest absolute Gasteiger partial charge is 0.331 e. The zero-order valence-electron chi connectivity index (χ0n) is 22.1. The maximum atomic E-state index is 13.2. The van der Waals surface area contributed by atoms with Gasteiger partial charge in [0.15, 0.2) is 0 Å². The first-order valence-corrected chi connectivity index (χ1v) is 12.0. The van der Waals surface area contributed by atoms with Crippen LogP contribution in [0, 0.1) is 30.6 Å². The quantitative estimate of drug-likeness (QED) is 0.184. The van der Waals surface area contributed by atoms with Crippen molar-refractivity contribution in [2.24, 2.45) is 5.92 Å². The van der Waals surface area contributed by atoms with Crippen LogP contribution in [0.5, 0.6) is 0 Å². The van der Waals surface area contributed by atoms with Crippen molar-refractivity contribution >= 4 is 23.5 Å². The highest BCUT2D eigenvalue weighted by atomic mass is 16.2. The Kier molecular flexibility index (Phi) is 12.0. The molecule has 0 spiro atoms. The molecule has 0 aliphatic carbocycles. The number of nitrogens with zero attached hydrogens (tertiary/aromatic N) is 2. The van der Waals surface area contributed by atoms with E-state index in [0.29, 0.717) is 11.4 Å². The number of nitrogens with one attached hydrogen (secondary N) is 3. The first kappa shape index (κ1) is 29.7. The fourth-order valence-electron chi connectivity index (χ4n) is 3.42. The van der Waals surface area contributed by atoms with Crippen LogP contribution in [0.15, 0.2) is 48.7 Å². The molecule has 3 N–H and O–H groups in total. The van der Waals surface area contributed by atoms with Gasteiger partial charge in [-0.2, -0.15) is 0 Å². The third-order valence-corrected chi connectivity index (χ3v) is 5.24. The molecule has 7 heteroatoms. The molecule has 7 nitrogen and oxygen atoms in total. The number of carbonyl (C=O) groups excluding carboxylic acids is 2. The molecule has 0 aliphatic heterocycles. The second-order valence-corrected chi connectivity index (χ2v) is 9.50. The minimum Gasteiger partial charge on any atom is -0.351 e. The summed E-state index contributed by atoms with van der Waals surface area (Å²) >= 11 is 0. The molecular weight excluding hydrogens is 438 g/mol. The van der Waals surface area contributed by atoms with E-state index in [0.717, 1.165) is 31.6 Å². The molecular formula is C28H41N5O2. The Morgan fingerprint density at radius 3 is 2.46 bits per heavy atom. The van der Waals surface area contributed by atoms with E-state index in [1.54, 1.807) is 24.3 Å². The summed E-state index contributed by atoms with van der Waals surface area (Å²) in [6.45, 7) is 18.5. The van der Waals surface area contributed by atoms with E-state index < -0.39 is 11.6 Å². The van der Waals surface area contributed by atoms with Crippen LogP contribution in [0.1, 0.15) is 53.0 Å². The fraction of sp³-hybridized carbons (Fsp3) is 0.464. The third-order valence-electron chi connectivity index (χ3n) is 5.24. The Morgan fingerprint density at radius 1 is 1.26 bits per heavy atom. The van der Waals surface area contributed by atoms with Gasteiger partial charge in [-0.15, -0.1) is 6.42 Å². The molecule has 0 radical (unpaired) electrons. The highest BCUT2D eigenvalue weighted by Crippen LogP contribution is 2.18. The van der Waals surface area contributed by atoms with Gasteiger partial charge in [0.1, 0.15) is 5.84 Å². The maximum absolute atomic E-state index is 13.2. The normalized spacial score (nSPS) is 12.2. The van der Waals surface area contributed by atoms with Crippen molar-refractivity contribution in [2.45, 2.75) is 59.9 Å². The number of hydrogen-bond acceptors (Lipinski definition) is 4. The zero-order chi connectivity index (χ0) is 26.6. The average molecular weight is 480 g/mol. The summed E-state index contributed by atoms with van der Waals surface area (Å²) in [5.74, 6) is 2.20. The molecule has 1 atom stereocenters. The summed E-state index contributed by atoms with van der Waals surface area (Å²) in [6.07, 6.45) is 9.79. The number of amides is 3. The van der Waals surface area contributed by atoms with E-state index in [1.165, 1.54) is 4.90 Å². The lowest BCUT2D eigenvalue weighted by Gasteiger charge is -2.26. The van der Waals surface area contributed by atoms with E-state index >= 15 is 0 Å². The lowest BCUT2D eigenvalue weighted by molar-refractivity contribution is -0.121. The topological polar surface area (TPSA) is 88.5 Å². The van der Waals surface area contributed by atoms with Gasteiger partial charge in [0.25, 0.3) is 0 Å². The number of amidine groups is 1. The Balaban J connectivity index is 2.96. The molecule has 0 aromatic heterocycles. The summed E-state index contributed by atoms with van der Waals surface area (Å²) in [5.41, 5.74) is 1.33. The van der Waals surface area contributed by atoms with Crippen molar-refractivity contribution in [1.29, 1.82) is 5.41 Å². The second kappa shape index (κ2) is 14.1. The van der Waals surface area contributed by atoms with E-state index in [2.05, 4.69) is 41.9 Å². The molecule has 3 amide bonds. The summed E-state index contributed by atoms with van der Waals surface area (Å²) in [5, 5.41) is 14.1. The van der Waals surface area contributed by atoms with Gasteiger partial charge in [0, 0.05) is 17.2 Å². The Labute approximate surface area is 211 Å². The summed E-state index contributed by atoms with van der Waals surface area (Å²) in [7, 11) is 0. The number of urea groups is 1. The van der Waals surface area contributed by atoms with Gasteiger partial charge in [-0.05, 0) is 77.5 Å². The van der Waals surface area contributed by atoms with Crippen molar-refractivity contribution in [3.05, 3.63) is 54.3 Å². The Bertz CT molecular complexity index is 964. The molecule has 35 heavy (non-hydrogen) atoms. The molecule has 0 fully saturated rings. The standard InChI is InChI=1S/C28H41N5O2/c1-9-23(17-18-32(10-2)11-3)16-15-22(5)30-27(35)33(24-14-12-13-21(4)19-24)25(29)20-26(34)31-28(6,7)8/h1,12-16,19,23,29H,5,10-11,17-18,20H2,2-4,6-8H3,(H,30,35)(H,31,34)/b16-15-,29-25?. The van der Waals surface area contributed by atoms with Crippen LogP contribution >= 0.6 is 0 Å². The van der Waals surface area contributed by atoms with Gasteiger partial charge in [-0.1, -0.05) is 44.6 Å². The molecule has 1 aromatic carbocycles. The molecule has 0 heterocycles. The Morgan fingerprint density at radius 2 is 1.91 bits per heavy atom. The summed E-state index contributed by atoms with van der Waals surface area (Å²) in [6, 6.07) is 6.64. The molecule has 1 unspecified atom stereocenters. The summed E-state index contributed by atoms with van der Waals surface area (Å²) in [4.78, 5) is 29.1. The predicted molar refractivity (Wildman–Crippen MR) is 145 cm³/mol.